The predicted octanol–water partition coefficient (Wildman–Crippen LogP) is 5.60. The van der Waals surface area contributed by atoms with Crippen molar-refractivity contribution < 1.29 is 61.5 Å². The smallest absolute Gasteiger partial charge is 0.496 e. The van der Waals surface area contributed by atoms with Gasteiger partial charge in [-0.05, 0) is 74.4 Å². The number of anilines is 1. The third-order valence-corrected chi connectivity index (χ3v) is 8.26. The molecule has 3 amide bonds. The maximum atomic E-state index is 14.2. The number of carboxylic acid groups (broad SMARTS) is 1. The van der Waals surface area contributed by atoms with E-state index in [0.29, 0.717) is 35.2 Å². The molecule has 12 nitrogen and oxygen atoms in total. The third kappa shape index (κ3) is 12.1. The van der Waals surface area contributed by atoms with Gasteiger partial charge in [0, 0.05) is 24.8 Å². The molecule has 0 aliphatic carbocycles. The maximum Gasteiger partial charge on any atom is 0.496 e. The highest BCUT2D eigenvalue weighted by atomic mass is 19.4. The molecule has 3 aromatic rings. The second-order valence-electron chi connectivity index (χ2n) is 12.9. The van der Waals surface area contributed by atoms with Gasteiger partial charge in [-0.1, -0.05) is 31.2 Å². The first-order valence-corrected chi connectivity index (χ1v) is 16.7. The monoisotopic (exact) mass is 730 g/mol. The van der Waals surface area contributed by atoms with Gasteiger partial charge in [0.05, 0.1) is 24.8 Å². The number of quaternary nitrogens is 1. The largest absolute Gasteiger partial charge is 0.508 e. The van der Waals surface area contributed by atoms with E-state index in [1.807, 2.05) is 12.1 Å². The lowest BCUT2D eigenvalue weighted by Crippen LogP contribution is -2.58. The van der Waals surface area contributed by atoms with Crippen LogP contribution >= 0.6 is 0 Å². The molecule has 0 aromatic heterocycles. The first-order valence-electron chi connectivity index (χ1n) is 16.7. The van der Waals surface area contributed by atoms with E-state index < -0.39 is 36.1 Å². The van der Waals surface area contributed by atoms with E-state index in [4.69, 9.17) is 20.4 Å². The average Bonchev–Trinajstić information content (AvgIpc) is 3.05. The summed E-state index contributed by atoms with van der Waals surface area (Å²) in [6, 6.07) is 18.6. The molecule has 6 N–H and O–H groups in total. The molecular weight excluding hydrogens is 685 g/mol. The molecule has 0 bridgehead atoms. The Kier molecular flexibility index (Phi) is 14.3. The Bertz CT molecular complexity index is 1740. The van der Waals surface area contributed by atoms with E-state index >= 15 is 0 Å². The third-order valence-electron chi connectivity index (χ3n) is 8.26. The molecule has 0 radical (unpaired) electrons. The van der Waals surface area contributed by atoms with Crippen molar-refractivity contribution in [3.63, 3.8) is 0 Å². The molecule has 1 heterocycles. The molecular formula is C37H45F3N4O8+2. The van der Waals surface area contributed by atoms with Crippen LogP contribution in [0.2, 0.25) is 0 Å². The minimum absolute atomic E-state index is 0.0972. The normalized spacial score (nSPS) is 17.3. The molecule has 3 aromatic carbocycles. The number of phenols is 2. The number of rotatable bonds is 11. The number of hydrogen-bond donors (Lipinski definition) is 5. The van der Waals surface area contributed by atoms with E-state index in [1.165, 1.54) is 16.7 Å². The van der Waals surface area contributed by atoms with E-state index in [-0.39, 0.29) is 24.0 Å². The van der Waals surface area contributed by atoms with Gasteiger partial charge in [-0.3, -0.25) is 4.79 Å². The molecule has 2 atom stereocenters. The Balaban J connectivity index is 0.000000944. The number of hydrogen-bond acceptors (Lipinski definition) is 7. The fourth-order valence-corrected chi connectivity index (χ4v) is 6.12. The van der Waals surface area contributed by atoms with Gasteiger partial charge in [-0.25, -0.2) is 14.9 Å². The number of likely N-dealkylation sites (tertiary alicyclic amines) is 1. The van der Waals surface area contributed by atoms with Crippen molar-refractivity contribution in [2.24, 2.45) is 5.73 Å². The molecule has 1 saturated heterocycles. The van der Waals surface area contributed by atoms with Crippen molar-refractivity contribution in [2.75, 3.05) is 25.0 Å². The quantitative estimate of drug-likeness (QED) is 0.0962. The van der Waals surface area contributed by atoms with E-state index in [2.05, 4.69) is 12.2 Å². The van der Waals surface area contributed by atoms with Crippen LogP contribution in [0.3, 0.4) is 0 Å². The van der Waals surface area contributed by atoms with Crippen LogP contribution in [0, 0.1) is 0 Å². The minimum Gasteiger partial charge on any atom is -0.508 e. The Morgan fingerprint density at radius 1 is 0.962 bits per heavy atom. The van der Waals surface area contributed by atoms with Crippen molar-refractivity contribution in [1.29, 1.82) is 0 Å². The van der Waals surface area contributed by atoms with E-state index in [1.54, 1.807) is 62.4 Å². The van der Waals surface area contributed by atoms with Crippen LogP contribution in [0.25, 0.3) is 0 Å². The summed E-state index contributed by atoms with van der Waals surface area (Å²) < 4.78 is 39.2. The summed E-state index contributed by atoms with van der Waals surface area (Å²) in [5.74, 6) is -3.56. The van der Waals surface area contributed by atoms with Crippen molar-refractivity contribution in [1.82, 2.24) is 0 Å². The first-order chi connectivity index (χ1) is 24.4. The van der Waals surface area contributed by atoms with Crippen LogP contribution in [-0.2, 0) is 27.3 Å². The molecule has 15 heteroatoms. The number of benzene rings is 3. The highest BCUT2D eigenvalue weighted by Crippen LogP contribution is 2.26. The minimum atomic E-state index is -5.08. The second-order valence-corrected chi connectivity index (χ2v) is 12.9. The van der Waals surface area contributed by atoms with Crippen LogP contribution in [0.15, 0.2) is 72.8 Å². The zero-order chi connectivity index (χ0) is 38.6. The highest BCUT2D eigenvalue weighted by molar-refractivity contribution is 5.95. The fraction of sp³-hybridized carbons (Fsp3) is 0.378. The zero-order valence-corrected chi connectivity index (χ0v) is 29.2. The number of piperidine rings is 1. The summed E-state index contributed by atoms with van der Waals surface area (Å²) in [5, 5.41) is 30.0. The highest BCUT2D eigenvalue weighted by Gasteiger charge is 2.41. The maximum absolute atomic E-state index is 14.2. The second kappa shape index (κ2) is 18.2. The number of alkyl halides is 3. The van der Waals surface area contributed by atoms with Crippen LogP contribution in [0.1, 0.15) is 61.5 Å². The number of carbonyl (C=O) groups is 4. The summed E-state index contributed by atoms with van der Waals surface area (Å²) in [5.41, 5.74) is 9.35. The summed E-state index contributed by atoms with van der Waals surface area (Å²) in [6.45, 7) is 8.59. The SMILES string of the molecule is CCC[N+]1(Cc2cccc(O)c2)CCC/C(=[N+](/C(=O)Nc2ccc(C(=O)OC(C)C)cc2)[C@@H](Cc2ccc(O)cc2)C(N)=O)C1.O=C(O)C(F)(F)F. The molecule has 52 heavy (non-hydrogen) atoms. The van der Waals surface area contributed by atoms with E-state index in [0.717, 1.165) is 42.8 Å². The zero-order valence-electron chi connectivity index (χ0n) is 29.2. The summed E-state index contributed by atoms with van der Waals surface area (Å²) in [4.78, 5) is 48.5. The van der Waals surface area contributed by atoms with Gasteiger partial charge >= 0.3 is 24.1 Å². The van der Waals surface area contributed by atoms with Crippen molar-refractivity contribution in [3.8, 4) is 11.5 Å². The number of amides is 3. The fourth-order valence-electron chi connectivity index (χ4n) is 6.12. The van der Waals surface area contributed by atoms with Crippen LogP contribution < -0.4 is 11.1 Å². The number of aliphatic carboxylic acids is 1. The molecule has 1 aliphatic heterocycles. The standard InChI is InChI=1S/C35H42N4O6.C2HF3O2/c1-4-18-39(22-26-7-5-9-31(41)20-26)19-6-8-29(23-39)38(32(33(36)42)21-25-10-16-30(40)17-11-25)35(44)37-28-14-12-27(13-15-28)34(43)45-24(2)3;3-2(4,5)1(6)7/h5,7,9-17,20,24,32H,4,6,8,18-19,21-23H2,1-3H3,(H3-2,36,37,40,41,42,43,44);(H,6,7)/p+2/b38-29-;/t32-,39?;/m0./s1. The first kappa shape index (κ1) is 41.0. The van der Waals surface area contributed by atoms with Gasteiger partial charge in [0.2, 0.25) is 0 Å². The molecule has 1 fully saturated rings. The number of urea groups is 1. The molecule has 1 unspecified atom stereocenters. The number of phenolic OH excluding ortho intramolecular Hbond substituents is 2. The Morgan fingerprint density at radius 2 is 1.60 bits per heavy atom. The number of nitrogens with one attached hydrogen (secondary N) is 1. The summed E-state index contributed by atoms with van der Waals surface area (Å²) in [6.07, 6.45) is -2.86. The van der Waals surface area contributed by atoms with Gasteiger partial charge in [0.1, 0.15) is 36.0 Å². The number of nitrogens with two attached hydrogens (primary N) is 1. The number of esters is 1. The lowest BCUT2D eigenvalue weighted by atomic mass is 9.99. The number of ether oxygens (including phenoxy) is 1. The molecule has 4 rings (SSSR count). The number of carboxylic acids is 1. The molecule has 0 saturated carbocycles. The lowest BCUT2D eigenvalue weighted by Gasteiger charge is -2.42. The van der Waals surface area contributed by atoms with Crippen molar-refractivity contribution in [2.45, 2.75) is 71.3 Å². The Labute approximate surface area is 299 Å². The molecule has 0 spiro atoms. The van der Waals surface area contributed by atoms with Crippen LogP contribution in [-0.4, -0.2) is 91.9 Å². The Morgan fingerprint density at radius 3 is 2.13 bits per heavy atom. The van der Waals surface area contributed by atoms with Crippen molar-refractivity contribution >= 4 is 35.3 Å². The predicted molar refractivity (Wildman–Crippen MR) is 186 cm³/mol. The van der Waals surface area contributed by atoms with Crippen LogP contribution in [0.4, 0.5) is 23.7 Å². The van der Waals surface area contributed by atoms with Gasteiger partial charge in [0.15, 0.2) is 6.04 Å². The molecule has 1 aliphatic rings. The summed E-state index contributed by atoms with van der Waals surface area (Å²) in [7, 11) is 0. The van der Waals surface area contributed by atoms with Gasteiger partial charge < -0.3 is 30.3 Å². The van der Waals surface area contributed by atoms with Gasteiger partial charge in [-0.15, -0.1) is 0 Å². The van der Waals surface area contributed by atoms with Gasteiger partial charge in [0.25, 0.3) is 5.91 Å². The number of aromatic hydroxyl groups is 2. The summed E-state index contributed by atoms with van der Waals surface area (Å²) >= 11 is 0. The number of halogens is 3. The van der Waals surface area contributed by atoms with Gasteiger partial charge in [-0.2, -0.15) is 22.5 Å². The topological polar surface area (TPSA) is 179 Å². The van der Waals surface area contributed by atoms with E-state index in [9.17, 15) is 37.8 Å². The lowest BCUT2D eigenvalue weighted by molar-refractivity contribution is -0.936. The molecule has 280 valence electrons. The number of carbonyl (C=O) groups excluding carboxylic acids is 3. The number of primary amides is 1. The van der Waals surface area contributed by atoms with Crippen LogP contribution in [0.5, 0.6) is 11.5 Å². The average molecular weight is 731 g/mol. The number of nitrogens with zero attached hydrogens (tertiary/aromatic N) is 2. The van der Waals surface area contributed by atoms with Crippen molar-refractivity contribution in [3.05, 3.63) is 89.5 Å². The Hall–Kier alpha value is -5.44.